The maximum absolute atomic E-state index is 10.0. The summed E-state index contributed by atoms with van der Waals surface area (Å²) in [7, 11) is 0. The number of piperidine rings is 1. The lowest BCUT2D eigenvalue weighted by Gasteiger charge is -2.40. The van der Waals surface area contributed by atoms with E-state index in [9.17, 15) is 4.79 Å². The number of aryl methyl sites for hydroxylation is 1. The van der Waals surface area contributed by atoms with Gasteiger partial charge in [0.05, 0.1) is 15.7 Å². The number of anilines is 1. The highest BCUT2D eigenvalue weighted by Crippen LogP contribution is 2.47. The minimum Gasteiger partial charge on any atom is -0.444 e. The van der Waals surface area contributed by atoms with E-state index in [0.717, 1.165) is 33.2 Å². The quantitative estimate of drug-likeness (QED) is 0.356. The van der Waals surface area contributed by atoms with Gasteiger partial charge in [0.2, 0.25) is 0 Å². The van der Waals surface area contributed by atoms with Gasteiger partial charge < -0.3 is 15.4 Å². The van der Waals surface area contributed by atoms with Gasteiger partial charge in [-0.3, -0.25) is 0 Å². The molecule has 4 rings (SSSR count). The molecule has 2 N–H and O–H groups in total. The summed E-state index contributed by atoms with van der Waals surface area (Å²) in [6.45, 7) is 9.66. The van der Waals surface area contributed by atoms with Crippen LogP contribution in [0.1, 0.15) is 64.9 Å². The second-order valence-corrected chi connectivity index (χ2v) is 12.9. The molecule has 1 aromatic heterocycles. The Bertz CT molecular complexity index is 1050. The summed E-state index contributed by atoms with van der Waals surface area (Å²) in [5.41, 5.74) is 7.27. The summed E-state index contributed by atoms with van der Waals surface area (Å²) in [6.07, 6.45) is 7.59. The minimum absolute atomic E-state index is 0.453. The molecule has 2 aliphatic rings. The number of rotatable bonds is 3. The van der Waals surface area contributed by atoms with E-state index in [1.807, 2.05) is 12.1 Å². The number of nitrogens with zero attached hydrogens (tertiary/aromatic N) is 2. The lowest BCUT2D eigenvalue weighted by atomic mass is 9.77. The molecule has 1 saturated heterocycles. The zero-order valence-corrected chi connectivity index (χ0v) is 24.7. The molecular formula is C26H34BrCl2N3O2S. The number of halogens is 3. The predicted molar refractivity (Wildman–Crippen MR) is 150 cm³/mol. The Morgan fingerprint density at radius 3 is 2.34 bits per heavy atom. The Labute approximate surface area is 231 Å². The maximum atomic E-state index is 10.0. The first-order valence-electron chi connectivity index (χ1n) is 11.9. The third-order valence-electron chi connectivity index (χ3n) is 6.46. The molecule has 1 spiro atoms. The van der Waals surface area contributed by atoms with Crippen LogP contribution in [0, 0.1) is 12.3 Å². The molecule has 1 aliphatic heterocycles. The molecule has 192 valence electrons. The van der Waals surface area contributed by atoms with Crippen LogP contribution in [0.25, 0.3) is 0 Å². The lowest BCUT2D eigenvalue weighted by molar-refractivity contribution is 0.0600. The van der Waals surface area contributed by atoms with Crippen molar-refractivity contribution >= 4 is 62.7 Å². The van der Waals surface area contributed by atoms with Crippen LogP contribution < -0.4 is 10.6 Å². The Hall–Kier alpha value is -1.15. The first-order chi connectivity index (χ1) is 16.4. The lowest BCUT2D eigenvalue weighted by Crippen LogP contribution is -2.39. The number of pyridine rings is 1. The SMILES string of the molecule is CC(C)(C)OC(N)=O.Cc1cc(N2CCC3(CCCC3)CC2)c(Br)nc1Sc1cccc(Cl)c1Cl. The van der Waals surface area contributed by atoms with Gasteiger partial charge in [0.15, 0.2) is 0 Å². The first-order valence-corrected chi connectivity index (χ1v) is 14.3. The van der Waals surface area contributed by atoms with Crippen LogP contribution in [0.5, 0.6) is 0 Å². The monoisotopic (exact) mass is 601 g/mol. The van der Waals surface area contributed by atoms with E-state index in [4.69, 9.17) is 33.9 Å². The Morgan fingerprint density at radius 2 is 1.80 bits per heavy atom. The van der Waals surface area contributed by atoms with E-state index in [1.54, 1.807) is 38.6 Å². The van der Waals surface area contributed by atoms with E-state index in [2.05, 4.69) is 38.6 Å². The Morgan fingerprint density at radius 1 is 1.17 bits per heavy atom. The molecule has 1 amide bonds. The van der Waals surface area contributed by atoms with Gasteiger partial charge in [-0.2, -0.15) is 0 Å². The van der Waals surface area contributed by atoms with Gasteiger partial charge in [-0.1, -0.05) is 53.9 Å². The topological polar surface area (TPSA) is 68.5 Å². The molecule has 35 heavy (non-hydrogen) atoms. The number of primary amides is 1. The first kappa shape index (κ1) is 28.4. The molecule has 1 saturated carbocycles. The van der Waals surface area contributed by atoms with Gasteiger partial charge in [0.25, 0.3) is 0 Å². The summed E-state index contributed by atoms with van der Waals surface area (Å²) in [5, 5.41) is 2.12. The van der Waals surface area contributed by atoms with Crippen molar-refractivity contribution in [1.82, 2.24) is 4.98 Å². The zero-order valence-electron chi connectivity index (χ0n) is 20.8. The van der Waals surface area contributed by atoms with Gasteiger partial charge in [-0.05, 0) is 98.5 Å². The van der Waals surface area contributed by atoms with Crippen LogP contribution in [-0.2, 0) is 4.74 Å². The fourth-order valence-corrected chi connectivity index (χ4v) is 6.75. The summed E-state index contributed by atoms with van der Waals surface area (Å²) in [4.78, 5) is 18.3. The van der Waals surface area contributed by atoms with Gasteiger partial charge in [0, 0.05) is 18.0 Å². The number of amides is 1. The minimum atomic E-state index is -0.725. The van der Waals surface area contributed by atoms with E-state index < -0.39 is 11.7 Å². The average molecular weight is 603 g/mol. The van der Waals surface area contributed by atoms with Gasteiger partial charge in [-0.25, -0.2) is 9.78 Å². The number of hydrogen-bond donors (Lipinski definition) is 1. The van der Waals surface area contributed by atoms with Crippen molar-refractivity contribution in [1.29, 1.82) is 0 Å². The van der Waals surface area contributed by atoms with Crippen molar-refractivity contribution in [2.24, 2.45) is 11.1 Å². The zero-order chi connectivity index (χ0) is 25.8. The highest BCUT2D eigenvalue weighted by Gasteiger charge is 2.37. The third kappa shape index (κ3) is 7.91. The number of carbonyl (C=O) groups is 1. The maximum Gasteiger partial charge on any atom is 0.405 e. The van der Waals surface area contributed by atoms with Crippen LogP contribution in [0.15, 0.2) is 38.8 Å². The molecule has 2 heterocycles. The largest absolute Gasteiger partial charge is 0.444 e. The normalized spacial score (nSPS) is 17.2. The summed E-state index contributed by atoms with van der Waals surface area (Å²) >= 11 is 17.8. The van der Waals surface area contributed by atoms with Gasteiger partial charge in [0.1, 0.15) is 15.2 Å². The molecule has 9 heteroatoms. The highest BCUT2D eigenvalue weighted by molar-refractivity contribution is 9.10. The molecule has 0 unspecified atom stereocenters. The van der Waals surface area contributed by atoms with Gasteiger partial charge in [-0.15, -0.1) is 0 Å². The molecule has 0 atom stereocenters. The molecule has 5 nitrogen and oxygen atoms in total. The fourth-order valence-electron chi connectivity index (χ4n) is 4.70. The smallest absolute Gasteiger partial charge is 0.405 e. The van der Waals surface area contributed by atoms with Crippen molar-refractivity contribution in [3.63, 3.8) is 0 Å². The molecule has 0 radical (unpaired) electrons. The predicted octanol–water partition coefficient (Wildman–Crippen LogP) is 8.65. The summed E-state index contributed by atoms with van der Waals surface area (Å²) in [5.74, 6) is 0. The number of ether oxygens (including phenoxy) is 1. The number of aromatic nitrogens is 1. The summed E-state index contributed by atoms with van der Waals surface area (Å²) < 4.78 is 5.49. The second kappa shape index (κ2) is 11.9. The fraction of sp³-hybridized carbons (Fsp3) is 0.538. The molecule has 1 aliphatic carbocycles. The second-order valence-electron chi connectivity index (χ2n) is 10.3. The number of nitrogens with two attached hydrogens (primary N) is 1. The number of carbonyl (C=O) groups excluding carboxylic acids is 1. The number of hydrogen-bond acceptors (Lipinski definition) is 5. The van der Waals surface area contributed by atoms with E-state index in [0.29, 0.717) is 15.5 Å². The molecular weight excluding hydrogens is 569 g/mol. The number of benzene rings is 1. The van der Waals surface area contributed by atoms with E-state index in [-0.39, 0.29) is 0 Å². The molecule has 2 fully saturated rings. The molecule has 2 aromatic rings. The van der Waals surface area contributed by atoms with Crippen LogP contribution in [0.3, 0.4) is 0 Å². The van der Waals surface area contributed by atoms with Crippen LogP contribution in [0.2, 0.25) is 10.0 Å². The molecule has 0 bridgehead atoms. The van der Waals surface area contributed by atoms with Crippen LogP contribution >= 0.6 is 50.9 Å². The van der Waals surface area contributed by atoms with Crippen LogP contribution in [-0.4, -0.2) is 29.8 Å². The average Bonchev–Trinajstić information content (AvgIpc) is 3.21. The molecule has 1 aromatic carbocycles. The third-order valence-corrected chi connectivity index (χ3v) is 9.14. The van der Waals surface area contributed by atoms with Crippen molar-refractivity contribution in [3.05, 3.63) is 44.5 Å². The standard InChI is InChI=1S/C21H23BrCl2N2S.C5H11NO2/c1-14-13-16(26-11-9-21(10-12-26)7-2-3-8-21)19(22)25-20(14)27-17-6-4-5-15(23)18(17)24;1-5(2,3)8-4(6)7/h4-6,13H,2-3,7-12H2,1H3;1-3H3,(H2,6,7). The van der Waals surface area contributed by atoms with E-state index >= 15 is 0 Å². The van der Waals surface area contributed by atoms with Crippen molar-refractivity contribution < 1.29 is 9.53 Å². The van der Waals surface area contributed by atoms with Crippen LogP contribution in [0.4, 0.5) is 10.5 Å². The Balaban J connectivity index is 0.000000371. The van der Waals surface area contributed by atoms with E-state index in [1.165, 1.54) is 44.2 Å². The Kier molecular flexibility index (Phi) is 9.69. The highest BCUT2D eigenvalue weighted by atomic mass is 79.9. The van der Waals surface area contributed by atoms with Crippen molar-refractivity contribution in [2.45, 2.75) is 81.7 Å². The summed E-state index contributed by atoms with van der Waals surface area (Å²) in [6, 6.07) is 7.96. The van der Waals surface area contributed by atoms with Crippen molar-refractivity contribution in [2.75, 3.05) is 18.0 Å². The van der Waals surface area contributed by atoms with Crippen molar-refractivity contribution in [3.8, 4) is 0 Å². The van der Waals surface area contributed by atoms with Gasteiger partial charge >= 0.3 is 6.09 Å².